The zero-order valence-electron chi connectivity index (χ0n) is 12.7. The second kappa shape index (κ2) is 7.35. The van der Waals surface area contributed by atoms with Gasteiger partial charge in [0.05, 0.1) is 17.2 Å². The molecule has 0 saturated carbocycles. The Balaban J connectivity index is 3.13. The number of hydrogen-bond acceptors (Lipinski definition) is 2. The highest BCUT2D eigenvalue weighted by atomic mass is 19.4. The largest absolute Gasteiger partial charge is 0.417 e. The van der Waals surface area contributed by atoms with Crippen molar-refractivity contribution in [2.24, 2.45) is 0 Å². The normalized spacial score (nSPS) is 11.5. The first-order valence-corrected chi connectivity index (χ1v) is 7.19. The molecule has 0 atom stereocenters. The molecule has 0 heterocycles. The molecule has 0 bridgehead atoms. The third-order valence-electron chi connectivity index (χ3n) is 3.39. The van der Waals surface area contributed by atoms with E-state index in [9.17, 15) is 13.2 Å². The van der Waals surface area contributed by atoms with Gasteiger partial charge in [-0.05, 0) is 38.5 Å². The summed E-state index contributed by atoms with van der Waals surface area (Å²) in [5, 5.41) is 8.83. The summed E-state index contributed by atoms with van der Waals surface area (Å²) >= 11 is 0. The van der Waals surface area contributed by atoms with E-state index in [1.54, 1.807) is 12.1 Å². The van der Waals surface area contributed by atoms with E-state index in [0.717, 1.165) is 25.3 Å². The molecular weight excluding hydrogens is 277 g/mol. The minimum Gasteiger partial charge on any atom is -0.369 e. The Morgan fingerprint density at radius 3 is 2.38 bits per heavy atom. The van der Waals surface area contributed by atoms with Gasteiger partial charge in [0, 0.05) is 18.3 Å². The van der Waals surface area contributed by atoms with Crippen LogP contribution in [0, 0.1) is 11.3 Å². The number of rotatable bonds is 6. The van der Waals surface area contributed by atoms with Gasteiger partial charge in [0.1, 0.15) is 0 Å². The van der Waals surface area contributed by atoms with Crippen LogP contribution in [0.5, 0.6) is 0 Å². The summed E-state index contributed by atoms with van der Waals surface area (Å²) in [6, 6.07) is 5.66. The third kappa shape index (κ3) is 4.66. The Hall–Kier alpha value is -1.70. The fourth-order valence-corrected chi connectivity index (χ4v) is 2.26. The zero-order chi connectivity index (χ0) is 16.0. The van der Waals surface area contributed by atoms with Crippen molar-refractivity contribution in [1.29, 1.82) is 5.26 Å². The molecule has 0 saturated heterocycles. The van der Waals surface area contributed by atoms with Crippen LogP contribution >= 0.6 is 0 Å². The Labute approximate surface area is 124 Å². The molecule has 0 aliphatic carbocycles. The standard InChI is InChI=1S/C16H21F3N2/c1-4-5-6-9-21(12(2)3)14-8-7-13(11-20)15(10-14)16(17,18)19/h7-8,10,12H,4-6,9H2,1-3H3. The molecule has 0 spiro atoms. The van der Waals surface area contributed by atoms with Gasteiger partial charge < -0.3 is 4.90 Å². The lowest BCUT2D eigenvalue weighted by Crippen LogP contribution is -2.32. The van der Waals surface area contributed by atoms with Gasteiger partial charge in [-0.15, -0.1) is 0 Å². The Kier molecular flexibility index (Phi) is 6.07. The lowest BCUT2D eigenvalue weighted by atomic mass is 10.1. The van der Waals surface area contributed by atoms with Gasteiger partial charge in [0.15, 0.2) is 0 Å². The van der Waals surface area contributed by atoms with E-state index < -0.39 is 11.7 Å². The van der Waals surface area contributed by atoms with Crippen LogP contribution in [-0.2, 0) is 6.18 Å². The van der Waals surface area contributed by atoms with E-state index >= 15 is 0 Å². The van der Waals surface area contributed by atoms with Gasteiger partial charge in [0.2, 0.25) is 0 Å². The van der Waals surface area contributed by atoms with E-state index in [-0.39, 0.29) is 11.6 Å². The molecule has 1 rings (SSSR count). The van der Waals surface area contributed by atoms with E-state index in [1.807, 2.05) is 18.7 Å². The summed E-state index contributed by atoms with van der Waals surface area (Å²) in [5.74, 6) is 0. The van der Waals surface area contributed by atoms with Crippen molar-refractivity contribution in [3.8, 4) is 6.07 Å². The monoisotopic (exact) mass is 298 g/mol. The van der Waals surface area contributed by atoms with Crippen molar-refractivity contribution in [3.05, 3.63) is 29.3 Å². The number of nitrogens with zero attached hydrogens (tertiary/aromatic N) is 2. The Morgan fingerprint density at radius 1 is 1.24 bits per heavy atom. The molecule has 116 valence electrons. The Morgan fingerprint density at radius 2 is 1.90 bits per heavy atom. The highest BCUT2D eigenvalue weighted by molar-refractivity contribution is 5.55. The predicted octanol–water partition coefficient (Wildman–Crippen LogP) is 4.98. The molecular formula is C16H21F3N2. The molecule has 2 nitrogen and oxygen atoms in total. The van der Waals surface area contributed by atoms with Crippen molar-refractivity contribution in [2.45, 2.75) is 52.3 Å². The quantitative estimate of drug-likeness (QED) is 0.692. The maximum atomic E-state index is 13.0. The molecule has 0 aliphatic heterocycles. The van der Waals surface area contributed by atoms with Crippen LogP contribution in [0.25, 0.3) is 0 Å². The summed E-state index contributed by atoms with van der Waals surface area (Å²) in [6.45, 7) is 6.71. The summed E-state index contributed by atoms with van der Waals surface area (Å²) in [4.78, 5) is 1.95. The van der Waals surface area contributed by atoms with Crippen molar-refractivity contribution in [1.82, 2.24) is 0 Å². The number of hydrogen-bond donors (Lipinski definition) is 0. The Bertz CT molecular complexity index is 501. The van der Waals surface area contributed by atoms with Crippen LogP contribution in [0.3, 0.4) is 0 Å². The number of unbranched alkanes of at least 4 members (excludes halogenated alkanes) is 2. The van der Waals surface area contributed by atoms with Crippen LogP contribution in [0.4, 0.5) is 18.9 Å². The summed E-state index contributed by atoms with van der Waals surface area (Å²) in [7, 11) is 0. The first-order valence-electron chi connectivity index (χ1n) is 7.19. The summed E-state index contributed by atoms with van der Waals surface area (Å²) in [6.07, 6.45) is -1.46. The topological polar surface area (TPSA) is 27.0 Å². The van der Waals surface area contributed by atoms with Crippen LogP contribution in [0.15, 0.2) is 18.2 Å². The molecule has 0 amide bonds. The van der Waals surface area contributed by atoms with E-state index in [1.165, 1.54) is 6.07 Å². The maximum absolute atomic E-state index is 13.0. The molecule has 1 aromatic carbocycles. The van der Waals surface area contributed by atoms with Crippen molar-refractivity contribution >= 4 is 5.69 Å². The maximum Gasteiger partial charge on any atom is 0.417 e. The molecule has 0 N–H and O–H groups in total. The average Bonchev–Trinajstić information content (AvgIpc) is 2.41. The minimum absolute atomic E-state index is 0.107. The van der Waals surface area contributed by atoms with E-state index in [2.05, 4.69) is 6.92 Å². The number of halogens is 3. The third-order valence-corrected chi connectivity index (χ3v) is 3.39. The molecule has 0 unspecified atom stereocenters. The highest BCUT2D eigenvalue weighted by Gasteiger charge is 2.34. The van der Waals surface area contributed by atoms with Gasteiger partial charge in [-0.1, -0.05) is 19.8 Å². The fourth-order valence-electron chi connectivity index (χ4n) is 2.26. The van der Waals surface area contributed by atoms with Crippen LogP contribution < -0.4 is 4.90 Å². The van der Waals surface area contributed by atoms with Crippen LogP contribution in [0.2, 0.25) is 0 Å². The molecule has 1 aromatic rings. The molecule has 0 aromatic heterocycles. The molecule has 0 radical (unpaired) electrons. The van der Waals surface area contributed by atoms with Crippen LogP contribution in [0.1, 0.15) is 51.2 Å². The van der Waals surface area contributed by atoms with Gasteiger partial charge in [-0.3, -0.25) is 0 Å². The number of anilines is 1. The van der Waals surface area contributed by atoms with Gasteiger partial charge in [-0.25, -0.2) is 0 Å². The first kappa shape index (κ1) is 17.4. The molecule has 0 aliphatic rings. The second-order valence-electron chi connectivity index (χ2n) is 5.33. The number of alkyl halides is 3. The lowest BCUT2D eigenvalue weighted by molar-refractivity contribution is -0.137. The SMILES string of the molecule is CCCCCN(c1ccc(C#N)c(C(F)(F)F)c1)C(C)C. The van der Waals surface area contributed by atoms with Crippen LogP contribution in [-0.4, -0.2) is 12.6 Å². The van der Waals surface area contributed by atoms with Gasteiger partial charge in [-0.2, -0.15) is 18.4 Å². The predicted molar refractivity (Wildman–Crippen MR) is 78.2 cm³/mol. The smallest absolute Gasteiger partial charge is 0.369 e. The summed E-state index contributed by atoms with van der Waals surface area (Å²) < 4.78 is 39.1. The number of benzene rings is 1. The fraction of sp³-hybridized carbons (Fsp3) is 0.562. The second-order valence-corrected chi connectivity index (χ2v) is 5.33. The number of nitriles is 1. The molecule has 21 heavy (non-hydrogen) atoms. The molecule has 5 heteroatoms. The summed E-state index contributed by atoms with van der Waals surface area (Å²) in [5.41, 5.74) is -0.667. The van der Waals surface area contributed by atoms with Gasteiger partial charge >= 0.3 is 6.18 Å². The van der Waals surface area contributed by atoms with Crippen molar-refractivity contribution in [3.63, 3.8) is 0 Å². The average molecular weight is 298 g/mol. The van der Waals surface area contributed by atoms with Gasteiger partial charge in [0.25, 0.3) is 0 Å². The molecule has 0 fully saturated rings. The van der Waals surface area contributed by atoms with E-state index in [4.69, 9.17) is 5.26 Å². The van der Waals surface area contributed by atoms with E-state index in [0.29, 0.717) is 12.2 Å². The minimum atomic E-state index is -4.51. The van der Waals surface area contributed by atoms with Crippen molar-refractivity contribution < 1.29 is 13.2 Å². The first-order chi connectivity index (χ1) is 9.81. The van der Waals surface area contributed by atoms with Crippen molar-refractivity contribution in [2.75, 3.05) is 11.4 Å². The highest BCUT2D eigenvalue weighted by Crippen LogP contribution is 2.34. The lowest BCUT2D eigenvalue weighted by Gasteiger charge is -2.30. The zero-order valence-corrected chi connectivity index (χ0v) is 12.7.